The van der Waals surface area contributed by atoms with Crippen LogP contribution in [0, 0.1) is 0 Å². The monoisotopic (exact) mass is 530 g/mol. The highest BCUT2D eigenvalue weighted by Gasteiger charge is 2.19. The van der Waals surface area contributed by atoms with E-state index in [-0.39, 0.29) is 23.9 Å². The van der Waals surface area contributed by atoms with E-state index < -0.39 is 0 Å². The van der Waals surface area contributed by atoms with Crippen LogP contribution in [0.3, 0.4) is 0 Å². The standard InChI is InChI=1S/C29H26N2O4S2/c1-18(22-17-36-29(28(22)34)21-5-6-25-20(15-21)11-14-35-25)31-16-24(33)27-8-7-26(37-27)23(32)4-2-3-19-9-12-30-13-10-19/h5-10,12-13,15,17,34H,2-4,11,14,16H2,1H3. The van der Waals surface area contributed by atoms with Gasteiger partial charge in [0.2, 0.25) is 0 Å². The van der Waals surface area contributed by atoms with E-state index in [1.165, 1.54) is 22.7 Å². The maximum atomic E-state index is 12.7. The molecule has 3 aromatic heterocycles. The number of rotatable bonds is 10. The SMILES string of the molecule is CC(=NCC(=O)c1ccc(C(=O)CCCc2ccncc2)s1)c1csc(-c2ccc3c(c2)CCO3)c1O. The van der Waals surface area contributed by atoms with Crippen molar-refractivity contribution in [2.45, 2.75) is 32.6 Å². The summed E-state index contributed by atoms with van der Waals surface area (Å²) in [5.74, 6) is 0.980. The van der Waals surface area contributed by atoms with Crippen molar-refractivity contribution in [3.8, 4) is 21.9 Å². The van der Waals surface area contributed by atoms with Crippen LogP contribution in [0.5, 0.6) is 11.5 Å². The number of carbonyl (C=O) groups excluding carboxylic acids is 2. The van der Waals surface area contributed by atoms with Crippen LogP contribution in [0.25, 0.3) is 10.4 Å². The van der Waals surface area contributed by atoms with E-state index in [1.54, 1.807) is 31.5 Å². The van der Waals surface area contributed by atoms with Crippen molar-refractivity contribution in [3.05, 3.63) is 86.7 Å². The molecule has 6 nitrogen and oxygen atoms in total. The molecular weight excluding hydrogens is 504 g/mol. The zero-order valence-electron chi connectivity index (χ0n) is 20.4. The molecule has 4 aromatic rings. The van der Waals surface area contributed by atoms with Gasteiger partial charge in [0.15, 0.2) is 11.6 Å². The van der Waals surface area contributed by atoms with E-state index in [4.69, 9.17) is 4.74 Å². The van der Waals surface area contributed by atoms with Crippen molar-refractivity contribution in [3.63, 3.8) is 0 Å². The summed E-state index contributed by atoms with van der Waals surface area (Å²) in [5, 5.41) is 12.7. The lowest BCUT2D eigenvalue weighted by atomic mass is 10.1. The second kappa shape index (κ2) is 11.2. The first kappa shape index (κ1) is 25.0. The minimum atomic E-state index is -0.145. The number of aromatic hydroxyl groups is 1. The Kier molecular flexibility index (Phi) is 7.58. The molecular formula is C29H26N2O4S2. The number of thiophene rings is 2. The third-order valence-corrected chi connectivity index (χ3v) is 8.53. The van der Waals surface area contributed by atoms with E-state index in [1.807, 2.05) is 29.6 Å². The third-order valence-electron chi connectivity index (χ3n) is 6.34. The Bertz CT molecular complexity index is 1470. The molecule has 0 fully saturated rings. The molecule has 1 aliphatic rings. The molecule has 0 saturated carbocycles. The fourth-order valence-corrected chi connectivity index (χ4v) is 6.16. The Labute approximate surface area is 223 Å². The molecule has 0 unspecified atom stereocenters. The number of aromatic nitrogens is 1. The van der Waals surface area contributed by atoms with E-state index in [0.29, 0.717) is 34.1 Å². The number of Topliss-reactive ketones (excluding diaryl/α,β-unsaturated/α-hetero) is 2. The van der Waals surface area contributed by atoms with Gasteiger partial charge in [0.25, 0.3) is 0 Å². The molecule has 1 aromatic carbocycles. The number of hydrogen-bond donors (Lipinski definition) is 1. The minimum absolute atomic E-state index is 0.0389. The second-order valence-electron chi connectivity index (χ2n) is 8.87. The summed E-state index contributed by atoms with van der Waals surface area (Å²) in [7, 11) is 0. The van der Waals surface area contributed by atoms with E-state index >= 15 is 0 Å². The predicted octanol–water partition coefficient (Wildman–Crippen LogP) is 6.41. The number of aliphatic imine (C=N–C) groups is 1. The molecule has 0 saturated heterocycles. The average Bonchev–Trinajstić information content (AvgIpc) is 3.67. The van der Waals surface area contributed by atoms with Gasteiger partial charge in [0.1, 0.15) is 18.0 Å². The fourth-order valence-electron chi connectivity index (χ4n) is 4.26. The molecule has 1 N–H and O–H groups in total. The van der Waals surface area contributed by atoms with Crippen molar-refractivity contribution in [1.82, 2.24) is 4.98 Å². The van der Waals surface area contributed by atoms with Gasteiger partial charge in [-0.15, -0.1) is 22.7 Å². The minimum Gasteiger partial charge on any atom is -0.506 e. The molecule has 0 aliphatic carbocycles. The summed E-state index contributed by atoms with van der Waals surface area (Å²) < 4.78 is 5.57. The summed E-state index contributed by atoms with van der Waals surface area (Å²) in [6.45, 7) is 2.44. The maximum absolute atomic E-state index is 12.7. The number of hydrogen-bond acceptors (Lipinski definition) is 8. The first-order valence-corrected chi connectivity index (χ1v) is 13.8. The second-order valence-corrected chi connectivity index (χ2v) is 10.8. The van der Waals surface area contributed by atoms with Crippen molar-refractivity contribution in [1.29, 1.82) is 0 Å². The number of aryl methyl sites for hydroxylation is 1. The molecule has 0 atom stereocenters. The van der Waals surface area contributed by atoms with Gasteiger partial charge in [-0.05, 0) is 78.9 Å². The highest BCUT2D eigenvalue weighted by Crippen LogP contribution is 2.41. The van der Waals surface area contributed by atoms with Gasteiger partial charge in [-0.25, -0.2) is 0 Å². The van der Waals surface area contributed by atoms with Crippen LogP contribution in [0.15, 0.2) is 65.2 Å². The zero-order chi connectivity index (χ0) is 25.8. The smallest absolute Gasteiger partial charge is 0.194 e. The molecule has 5 rings (SSSR count). The van der Waals surface area contributed by atoms with Crippen LogP contribution < -0.4 is 4.74 Å². The Morgan fingerprint density at radius 3 is 2.68 bits per heavy atom. The highest BCUT2D eigenvalue weighted by atomic mass is 32.1. The number of fused-ring (bicyclic) bond motifs is 1. The van der Waals surface area contributed by atoms with Crippen molar-refractivity contribution in [2.75, 3.05) is 13.2 Å². The Morgan fingerprint density at radius 2 is 1.86 bits per heavy atom. The summed E-state index contributed by atoms with van der Waals surface area (Å²) in [6.07, 6.45) is 6.37. The van der Waals surface area contributed by atoms with Crippen LogP contribution in [-0.4, -0.2) is 40.5 Å². The zero-order valence-corrected chi connectivity index (χ0v) is 22.0. The molecule has 1 aliphatic heterocycles. The fraction of sp³-hybridized carbons (Fsp3) is 0.241. The summed E-state index contributed by atoms with van der Waals surface area (Å²) in [6, 6.07) is 13.3. The largest absolute Gasteiger partial charge is 0.506 e. The van der Waals surface area contributed by atoms with Gasteiger partial charge < -0.3 is 9.84 Å². The van der Waals surface area contributed by atoms with Gasteiger partial charge in [-0.2, -0.15) is 0 Å². The topological polar surface area (TPSA) is 88.9 Å². The van der Waals surface area contributed by atoms with Crippen LogP contribution in [0.1, 0.15) is 55.8 Å². The molecule has 188 valence electrons. The average molecular weight is 531 g/mol. The molecule has 4 heterocycles. The van der Waals surface area contributed by atoms with E-state index in [9.17, 15) is 14.7 Å². The summed E-state index contributed by atoms with van der Waals surface area (Å²) in [5.41, 5.74) is 4.47. The van der Waals surface area contributed by atoms with Crippen molar-refractivity contribution in [2.24, 2.45) is 4.99 Å². The van der Waals surface area contributed by atoms with Crippen LogP contribution >= 0.6 is 22.7 Å². The molecule has 0 bridgehead atoms. The number of ether oxygens (including phenoxy) is 1. The van der Waals surface area contributed by atoms with Crippen LogP contribution in [0.2, 0.25) is 0 Å². The van der Waals surface area contributed by atoms with Crippen LogP contribution in [-0.2, 0) is 12.8 Å². The van der Waals surface area contributed by atoms with E-state index in [2.05, 4.69) is 16.0 Å². The van der Waals surface area contributed by atoms with Crippen molar-refractivity contribution < 1.29 is 19.4 Å². The number of benzene rings is 1. The Morgan fingerprint density at radius 1 is 1.08 bits per heavy atom. The molecule has 8 heteroatoms. The number of pyridine rings is 1. The quantitative estimate of drug-likeness (QED) is 0.189. The number of carbonyl (C=O) groups is 2. The first-order chi connectivity index (χ1) is 18.0. The number of ketones is 2. The normalized spacial score (nSPS) is 12.8. The molecule has 0 spiro atoms. The summed E-state index contributed by atoms with van der Waals surface area (Å²) in [4.78, 5) is 35.7. The van der Waals surface area contributed by atoms with Crippen LogP contribution in [0.4, 0.5) is 0 Å². The lowest BCUT2D eigenvalue weighted by Crippen LogP contribution is -2.04. The lowest BCUT2D eigenvalue weighted by Gasteiger charge is -2.04. The third kappa shape index (κ3) is 5.70. The van der Waals surface area contributed by atoms with Gasteiger partial charge in [-0.1, -0.05) is 0 Å². The Hall–Kier alpha value is -3.62. The maximum Gasteiger partial charge on any atom is 0.194 e. The number of nitrogens with zero attached hydrogens (tertiary/aromatic N) is 2. The summed E-state index contributed by atoms with van der Waals surface area (Å²) >= 11 is 2.67. The van der Waals surface area contributed by atoms with Gasteiger partial charge in [-0.3, -0.25) is 19.6 Å². The predicted molar refractivity (Wildman–Crippen MR) is 148 cm³/mol. The molecule has 37 heavy (non-hydrogen) atoms. The van der Waals surface area contributed by atoms with Gasteiger partial charge >= 0.3 is 0 Å². The lowest BCUT2D eigenvalue weighted by molar-refractivity contribution is 0.0982. The Balaban J connectivity index is 1.19. The van der Waals surface area contributed by atoms with Crippen molar-refractivity contribution >= 4 is 40.0 Å². The first-order valence-electron chi connectivity index (χ1n) is 12.1. The molecule has 0 radical (unpaired) electrons. The highest BCUT2D eigenvalue weighted by molar-refractivity contribution is 7.16. The van der Waals surface area contributed by atoms with Gasteiger partial charge in [0.05, 0.1) is 21.2 Å². The van der Waals surface area contributed by atoms with E-state index in [0.717, 1.165) is 46.6 Å². The van der Waals surface area contributed by atoms with Gasteiger partial charge in [0, 0.05) is 41.9 Å². The molecule has 0 amide bonds.